The number of amides is 1. The third-order valence-electron chi connectivity index (χ3n) is 1.37. The lowest BCUT2D eigenvalue weighted by Gasteiger charge is -2.03. The molecule has 0 aliphatic heterocycles. The van der Waals surface area contributed by atoms with Crippen LogP contribution in [0.2, 0.25) is 5.02 Å². The van der Waals surface area contributed by atoms with Crippen LogP contribution < -0.4 is 5.32 Å². The standard InChI is InChI=1S/C9H7ClFNO/c1-2-9(13)12-8-4-3-6(10)5-7(8)11/h2-5H,1H2,(H,12,13). The molecule has 4 heteroatoms. The number of carbonyl (C=O) groups excluding carboxylic acids is 1. The van der Waals surface area contributed by atoms with Gasteiger partial charge in [-0.25, -0.2) is 4.39 Å². The first-order valence-electron chi connectivity index (χ1n) is 3.52. The van der Waals surface area contributed by atoms with Gasteiger partial charge < -0.3 is 5.32 Å². The van der Waals surface area contributed by atoms with E-state index in [-0.39, 0.29) is 10.7 Å². The van der Waals surface area contributed by atoms with Crippen molar-refractivity contribution in [3.8, 4) is 0 Å². The maximum Gasteiger partial charge on any atom is 0.247 e. The molecule has 2 nitrogen and oxygen atoms in total. The topological polar surface area (TPSA) is 29.1 Å². The van der Waals surface area contributed by atoms with Gasteiger partial charge in [-0.1, -0.05) is 18.2 Å². The third-order valence-corrected chi connectivity index (χ3v) is 1.61. The number of carbonyl (C=O) groups is 1. The van der Waals surface area contributed by atoms with Gasteiger partial charge >= 0.3 is 0 Å². The highest BCUT2D eigenvalue weighted by Crippen LogP contribution is 2.18. The average Bonchev–Trinajstić information content (AvgIpc) is 2.09. The lowest BCUT2D eigenvalue weighted by Crippen LogP contribution is -2.08. The van der Waals surface area contributed by atoms with Crippen LogP contribution in [-0.4, -0.2) is 5.91 Å². The van der Waals surface area contributed by atoms with Crippen LogP contribution in [0.4, 0.5) is 10.1 Å². The van der Waals surface area contributed by atoms with Crippen LogP contribution in [-0.2, 0) is 4.79 Å². The maximum atomic E-state index is 13.0. The van der Waals surface area contributed by atoms with Crippen molar-refractivity contribution in [3.63, 3.8) is 0 Å². The Morgan fingerprint density at radius 2 is 2.31 bits per heavy atom. The molecule has 0 fully saturated rings. The molecule has 0 aliphatic rings. The van der Waals surface area contributed by atoms with Crippen LogP contribution in [0.3, 0.4) is 0 Å². The van der Waals surface area contributed by atoms with E-state index in [0.29, 0.717) is 0 Å². The summed E-state index contributed by atoms with van der Waals surface area (Å²) in [6.07, 6.45) is 1.06. The minimum absolute atomic E-state index is 0.0919. The van der Waals surface area contributed by atoms with Crippen molar-refractivity contribution in [1.29, 1.82) is 0 Å². The number of hydrogen-bond acceptors (Lipinski definition) is 1. The highest BCUT2D eigenvalue weighted by Gasteiger charge is 2.03. The average molecular weight is 200 g/mol. The highest BCUT2D eigenvalue weighted by atomic mass is 35.5. The fourth-order valence-electron chi connectivity index (χ4n) is 0.775. The molecule has 1 aromatic carbocycles. The van der Waals surface area contributed by atoms with Gasteiger partial charge in [0, 0.05) is 5.02 Å². The molecular weight excluding hydrogens is 193 g/mol. The molecule has 0 atom stereocenters. The molecule has 1 N–H and O–H groups in total. The van der Waals surface area contributed by atoms with Crippen molar-refractivity contribution in [2.75, 3.05) is 5.32 Å². The number of benzene rings is 1. The molecular formula is C9H7ClFNO. The second kappa shape index (κ2) is 4.05. The van der Waals surface area contributed by atoms with Crippen molar-refractivity contribution in [2.45, 2.75) is 0 Å². The Morgan fingerprint density at radius 1 is 1.62 bits per heavy atom. The number of nitrogens with one attached hydrogen (secondary N) is 1. The number of rotatable bonds is 2. The fourth-order valence-corrected chi connectivity index (χ4v) is 0.933. The van der Waals surface area contributed by atoms with E-state index in [1.807, 2.05) is 0 Å². The predicted octanol–water partition coefficient (Wildman–Crippen LogP) is 2.60. The molecule has 0 bridgehead atoms. The molecule has 0 saturated heterocycles. The molecule has 0 spiro atoms. The van der Waals surface area contributed by atoms with Crippen LogP contribution in [0, 0.1) is 5.82 Å². The lowest BCUT2D eigenvalue weighted by atomic mass is 10.3. The van der Waals surface area contributed by atoms with Crippen LogP contribution in [0.25, 0.3) is 0 Å². The second-order valence-electron chi connectivity index (χ2n) is 2.32. The van der Waals surface area contributed by atoms with Crippen molar-refractivity contribution in [1.82, 2.24) is 0 Å². The van der Waals surface area contributed by atoms with Crippen molar-refractivity contribution in [2.24, 2.45) is 0 Å². The Morgan fingerprint density at radius 3 is 2.85 bits per heavy atom. The summed E-state index contributed by atoms with van der Waals surface area (Å²) in [6.45, 7) is 3.24. The fraction of sp³-hybridized carbons (Fsp3) is 0. The summed E-state index contributed by atoms with van der Waals surface area (Å²) >= 11 is 5.51. The minimum Gasteiger partial charge on any atom is -0.320 e. The van der Waals surface area contributed by atoms with E-state index in [4.69, 9.17) is 11.6 Å². The molecule has 0 aliphatic carbocycles. The molecule has 0 aromatic heterocycles. The zero-order chi connectivity index (χ0) is 9.84. The number of hydrogen-bond donors (Lipinski definition) is 1. The van der Waals surface area contributed by atoms with E-state index in [2.05, 4.69) is 11.9 Å². The summed E-state index contributed by atoms with van der Waals surface area (Å²) in [6, 6.07) is 4.00. The first-order chi connectivity index (χ1) is 6.13. The quantitative estimate of drug-likeness (QED) is 0.729. The van der Waals surface area contributed by atoms with Crippen molar-refractivity contribution >= 4 is 23.2 Å². The zero-order valence-corrected chi connectivity index (χ0v) is 7.44. The van der Waals surface area contributed by atoms with E-state index in [1.54, 1.807) is 0 Å². The lowest BCUT2D eigenvalue weighted by molar-refractivity contribution is -0.111. The molecule has 1 rings (SSSR count). The van der Waals surface area contributed by atoms with Gasteiger partial charge in [0.05, 0.1) is 5.69 Å². The smallest absolute Gasteiger partial charge is 0.247 e. The second-order valence-corrected chi connectivity index (χ2v) is 2.75. The van der Waals surface area contributed by atoms with Gasteiger partial charge in [0.1, 0.15) is 5.82 Å². The molecule has 0 heterocycles. The Bertz CT molecular complexity index is 351. The SMILES string of the molecule is C=CC(=O)Nc1ccc(Cl)cc1F. The van der Waals surface area contributed by atoms with Crippen LogP contribution >= 0.6 is 11.6 Å². The first kappa shape index (κ1) is 9.74. The molecule has 1 aromatic rings. The van der Waals surface area contributed by atoms with Gasteiger partial charge in [0.15, 0.2) is 0 Å². The maximum absolute atomic E-state index is 13.0. The largest absolute Gasteiger partial charge is 0.320 e. The van der Waals surface area contributed by atoms with Crippen LogP contribution in [0.1, 0.15) is 0 Å². The van der Waals surface area contributed by atoms with Gasteiger partial charge in [-0.2, -0.15) is 0 Å². The summed E-state index contributed by atoms with van der Waals surface area (Å²) in [5, 5.41) is 2.58. The summed E-state index contributed by atoms with van der Waals surface area (Å²) < 4.78 is 13.0. The molecule has 0 unspecified atom stereocenters. The van der Waals surface area contributed by atoms with Crippen LogP contribution in [0.5, 0.6) is 0 Å². The van der Waals surface area contributed by atoms with Crippen LogP contribution in [0.15, 0.2) is 30.9 Å². The molecule has 0 radical (unpaired) electrons. The van der Waals surface area contributed by atoms with Gasteiger partial charge in [0.2, 0.25) is 5.91 Å². The molecule has 0 saturated carbocycles. The number of halogens is 2. The predicted molar refractivity (Wildman–Crippen MR) is 50.2 cm³/mol. The van der Waals surface area contributed by atoms with Gasteiger partial charge in [-0.05, 0) is 24.3 Å². The van der Waals surface area contributed by atoms with Crippen molar-refractivity contribution < 1.29 is 9.18 Å². The Kier molecular flexibility index (Phi) is 3.03. The Hall–Kier alpha value is -1.35. The highest BCUT2D eigenvalue weighted by molar-refractivity contribution is 6.30. The van der Waals surface area contributed by atoms with Gasteiger partial charge in [-0.15, -0.1) is 0 Å². The molecule has 68 valence electrons. The summed E-state index contributed by atoms with van der Waals surface area (Å²) in [4.78, 5) is 10.8. The zero-order valence-electron chi connectivity index (χ0n) is 6.68. The molecule has 13 heavy (non-hydrogen) atoms. The normalized spacial score (nSPS) is 9.38. The monoisotopic (exact) mass is 199 g/mol. The Labute approximate surface area is 80.0 Å². The minimum atomic E-state index is -0.567. The molecule has 1 amide bonds. The van der Waals surface area contributed by atoms with Gasteiger partial charge in [0.25, 0.3) is 0 Å². The number of anilines is 1. The summed E-state index contributed by atoms with van der Waals surface area (Å²) in [7, 11) is 0. The van der Waals surface area contributed by atoms with E-state index in [0.717, 1.165) is 12.1 Å². The summed E-state index contributed by atoms with van der Waals surface area (Å²) in [5.74, 6) is -1.02. The van der Waals surface area contributed by atoms with Crippen molar-refractivity contribution in [3.05, 3.63) is 41.7 Å². The van der Waals surface area contributed by atoms with Gasteiger partial charge in [-0.3, -0.25) is 4.79 Å². The Balaban J connectivity index is 2.89. The van der Waals surface area contributed by atoms with E-state index in [9.17, 15) is 9.18 Å². The first-order valence-corrected chi connectivity index (χ1v) is 3.90. The summed E-state index contributed by atoms with van der Waals surface area (Å²) in [5.41, 5.74) is 0.0919. The van der Waals surface area contributed by atoms with E-state index < -0.39 is 11.7 Å². The van der Waals surface area contributed by atoms with E-state index >= 15 is 0 Å². The van der Waals surface area contributed by atoms with E-state index in [1.165, 1.54) is 12.1 Å². The third kappa shape index (κ3) is 2.56.